The summed E-state index contributed by atoms with van der Waals surface area (Å²) in [7, 11) is 1.52. The molecular formula is C18H17N5O2. The lowest BCUT2D eigenvalue weighted by Crippen LogP contribution is -2.14. The van der Waals surface area contributed by atoms with Gasteiger partial charge >= 0.3 is 0 Å². The second-order valence-corrected chi connectivity index (χ2v) is 5.13. The first-order valence-corrected chi connectivity index (χ1v) is 7.68. The largest absolute Gasteiger partial charge is 0.496 e. The van der Waals surface area contributed by atoms with Crippen molar-refractivity contribution >= 4 is 17.5 Å². The molecule has 0 saturated carbocycles. The maximum atomic E-state index is 12.3. The minimum Gasteiger partial charge on any atom is -0.496 e. The molecule has 25 heavy (non-hydrogen) atoms. The molecule has 3 aromatic rings. The number of aromatic nitrogens is 3. The molecule has 126 valence electrons. The Labute approximate surface area is 145 Å². The molecular weight excluding hydrogens is 318 g/mol. The summed E-state index contributed by atoms with van der Waals surface area (Å²) in [6.07, 6.45) is 1.74. The van der Waals surface area contributed by atoms with Gasteiger partial charge in [-0.3, -0.25) is 9.78 Å². The first kappa shape index (κ1) is 16.4. The molecule has 0 aliphatic carbocycles. The molecule has 1 aromatic carbocycles. The minimum atomic E-state index is -0.305. The normalized spacial score (nSPS) is 10.1. The fourth-order valence-corrected chi connectivity index (χ4v) is 2.19. The van der Waals surface area contributed by atoms with Crippen molar-refractivity contribution in [1.82, 2.24) is 15.2 Å². The number of rotatable bonds is 6. The third kappa shape index (κ3) is 4.29. The van der Waals surface area contributed by atoms with Gasteiger partial charge in [0.15, 0.2) is 5.82 Å². The average Bonchev–Trinajstić information content (AvgIpc) is 2.68. The molecule has 2 heterocycles. The lowest BCUT2D eigenvalue weighted by Gasteiger charge is -2.09. The number of pyridine rings is 1. The molecule has 0 radical (unpaired) electrons. The van der Waals surface area contributed by atoms with E-state index in [4.69, 9.17) is 4.74 Å². The molecule has 0 bridgehead atoms. The molecule has 0 spiro atoms. The highest BCUT2D eigenvalue weighted by molar-refractivity contribution is 6.05. The molecule has 0 fully saturated rings. The summed E-state index contributed by atoms with van der Waals surface area (Å²) in [5, 5.41) is 13.9. The van der Waals surface area contributed by atoms with Crippen molar-refractivity contribution in [3.8, 4) is 5.75 Å². The van der Waals surface area contributed by atoms with E-state index in [9.17, 15) is 4.79 Å². The Morgan fingerprint density at radius 3 is 2.48 bits per heavy atom. The van der Waals surface area contributed by atoms with Gasteiger partial charge < -0.3 is 15.4 Å². The van der Waals surface area contributed by atoms with Crippen molar-refractivity contribution in [2.24, 2.45) is 0 Å². The van der Waals surface area contributed by atoms with Gasteiger partial charge in [0.05, 0.1) is 24.9 Å². The standard InChI is InChI=1S/C18H17N5O2/c1-25-15-8-3-2-7-14(15)18(24)21-17-10-9-16(22-23-17)20-12-13-6-4-5-11-19-13/h2-11H,12H2,1H3,(H,20,22)(H,21,23,24). The van der Waals surface area contributed by atoms with Gasteiger partial charge in [0.1, 0.15) is 11.6 Å². The number of nitrogens with one attached hydrogen (secondary N) is 2. The van der Waals surface area contributed by atoms with E-state index in [2.05, 4.69) is 25.8 Å². The Morgan fingerprint density at radius 2 is 1.76 bits per heavy atom. The highest BCUT2D eigenvalue weighted by Crippen LogP contribution is 2.18. The number of ether oxygens (including phenoxy) is 1. The van der Waals surface area contributed by atoms with Crippen LogP contribution in [0.2, 0.25) is 0 Å². The van der Waals surface area contributed by atoms with E-state index in [-0.39, 0.29) is 5.91 Å². The summed E-state index contributed by atoms with van der Waals surface area (Å²) in [5.41, 5.74) is 1.34. The Hall–Kier alpha value is -3.48. The number of carbonyl (C=O) groups excluding carboxylic acids is 1. The van der Waals surface area contributed by atoms with E-state index in [1.165, 1.54) is 7.11 Å². The van der Waals surface area contributed by atoms with Crippen LogP contribution in [0, 0.1) is 0 Å². The molecule has 7 nitrogen and oxygen atoms in total. The van der Waals surface area contributed by atoms with Gasteiger partial charge in [-0.05, 0) is 36.4 Å². The van der Waals surface area contributed by atoms with Crippen LogP contribution < -0.4 is 15.4 Å². The van der Waals surface area contributed by atoms with Crippen molar-refractivity contribution < 1.29 is 9.53 Å². The van der Waals surface area contributed by atoms with E-state index in [0.717, 1.165) is 5.69 Å². The zero-order valence-electron chi connectivity index (χ0n) is 13.6. The average molecular weight is 335 g/mol. The summed E-state index contributed by atoms with van der Waals surface area (Å²) < 4.78 is 5.18. The van der Waals surface area contributed by atoms with Crippen LogP contribution >= 0.6 is 0 Å². The summed E-state index contributed by atoms with van der Waals surface area (Å²) >= 11 is 0. The Balaban J connectivity index is 1.61. The number of methoxy groups -OCH3 is 1. The quantitative estimate of drug-likeness (QED) is 0.720. The Morgan fingerprint density at radius 1 is 1.00 bits per heavy atom. The number of anilines is 2. The molecule has 3 rings (SSSR count). The van der Waals surface area contributed by atoms with E-state index in [0.29, 0.717) is 29.5 Å². The van der Waals surface area contributed by atoms with E-state index < -0.39 is 0 Å². The van der Waals surface area contributed by atoms with Crippen LogP contribution in [-0.4, -0.2) is 28.2 Å². The van der Waals surface area contributed by atoms with E-state index >= 15 is 0 Å². The topological polar surface area (TPSA) is 89.0 Å². The van der Waals surface area contributed by atoms with Crippen molar-refractivity contribution in [2.45, 2.75) is 6.54 Å². The summed E-state index contributed by atoms with van der Waals surface area (Å²) in [6, 6.07) is 16.1. The van der Waals surface area contributed by atoms with Crippen LogP contribution in [0.5, 0.6) is 5.75 Å². The maximum Gasteiger partial charge on any atom is 0.260 e. The van der Waals surface area contributed by atoms with Crippen LogP contribution in [0.1, 0.15) is 16.1 Å². The minimum absolute atomic E-state index is 0.305. The van der Waals surface area contributed by atoms with Crippen molar-refractivity contribution in [1.29, 1.82) is 0 Å². The molecule has 7 heteroatoms. The number of hydrogen-bond donors (Lipinski definition) is 2. The molecule has 2 N–H and O–H groups in total. The monoisotopic (exact) mass is 335 g/mol. The maximum absolute atomic E-state index is 12.3. The van der Waals surface area contributed by atoms with Crippen molar-refractivity contribution in [2.75, 3.05) is 17.7 Å². The molecule has 0 aliphatic heterocycles. The van der Waals surface area contributed by atoms with Gasteiger partial charge in [0, 0.05) is 6.20 Å². The van der Waals surface area contributed by atoms with Crippen molar-refractivity contribution in [3.63, 3.8) is 0 Å². The van der Waals surface area contributed by atoms with Gasteiger partial charge in [-0.2, -0.15) is 0 Å². The van der Waals surface area contributed by atoms with Gasteiger partial charge in [-0.1, -0.05) is 18.2 Å². The molecule has 0 saturated heterocycles. The molecule has 0 atom stereocenters. The van der Waals surface area contributed by atoms with Crippen molar-refractivity contribution in [3.05, 3.63) is 72.1 Å². The second-order valence-electron chi connectivity index (χ2n) is 5.13. The number of nitrogens with zero attached hydrogens (tertiary/aromatic N) is 3. The number of carbonyl (C=O) groups is 1. The molecule has 0 unspecified atom stereocenters. The number of para-hydroxylation sites is 1. The van der Waals surface area contributed by atoms with Gasteiger partial charge in [0.25, 0.3) is 5.91 Å². The SMILES string of the molecule is COc1ccccc1C(=O)Nc1ccc(NCc2ccccn2)nn1. The Kier molecular flexibility index (Phi) is 5.16. The zero-order valence-corrected chi connectivity index (χ0v) is 13.6. The lowest BCUT2D eigenvalue weighted by molar-refractivity contribution is 0.102. The lowest BCUT2D eigenvalue weighted by atomic mass is 10.2. The smallest absolute Gasteiger partial charge is 0.260 e. The van der Waals surface area contributed by atoms with Crippen LogP contribution in [0.3, 0.4) is 0 Å². The predicted octanol–water partition coefficient (Wildman–Crippen LogP) is 2.74. The van der Waals surface area contributed by atoms with Gasteiger partial charge in [-0.15, -0.1) is 10.2 Å². The Bertz CT molecular complexity index is 838. The first-order valence-electron chi connectivity index (χ1n) is 7.68. The van der Waals surface area contributed by atoms with E-state index in [1.54, 1.807) is 42.6 Å². The molecule has 2 aromatic heterocycles. The highest BCUT2D eigenvalue weighted by Gasteiger charge is 2.12. The number of benzene rings is 1. The molecule has 1 amide bonds. The van der Waals surface area contributed by atoms with Gasteiger partial charge in [0.2, 0.25) is 0 Å². The van der Waals surface area contributed by atoms with Crippen LogP contribution in [0.15, 0.2) is 60.8 Å². The number of hydrogen-bond acceptors (Lipinski definition) is 6. The highest BCUT2D eigenvalue weighted by atomic mass is 16.5. The van der Waals surface area contributed by atoms with Crippen LogP contribution in [0.4, 0.5) is 11.6 Å². The first-order chi connectivity index (χ1) is 12.3. The van der Waals surface area contributed by atoms with E-state index in [1.807, 2.05) is 18.2 Å². The summed E-state index contributed by atoms with van der Waals surface area (Å²) in [4.78, 5) is 16.5. The summed E-state index contributed by atoms with van der Waals surface area (Å²) in [5.74, 6) is 1.16. The van der Waals surface area contributed by atoms with Crippen LogP contribution in [-0.2, 0) is 6.54 Å². The fraction of sp³-hybridized carbons (Fsp3) is 0.111. The zero-order chi connectivity index (χ0) is 17.5. The number of amides is 1. The third-order valence-electron chi connectivity index (χ3n) is 3.43. The predicted molar refractivity (Wildman–Crippen MR) is 94.5 cm³/mol. The second kappa shape index (κ2) is 7.87. The fourth-order valence-electron chi connectivity index (χ4n) is 2.19. The molecule has 0 aliphatic rings. The van der Waals surface area contributed by atoms with Crippen LogP contribution in [0.25, 0.3) is 0 Å². The van der Waals surface area contributed by atoms with Gasteiger partial charge in [-0.25, -0.2) is 0 Å². The third-order valence-corrected chi connectivity index (χ3v) is 3.43. The summed E-state index contributed by atoms with van der Waals surface area (Å²) in [6.45, 7) is 0.544.